The lowest BCUT2D eigenvalue weighted by Crippen LogP contribution is -2.43. The van der Waals surface area contributed by atoms with Gasteiger partial charge in [0.2, 0.25) is 5.91 Å². The summed E-state index contributed by atoms with van der Waals surface area (Å²) in [6, 6.07) is 6.13. The lowest BCUT2D eigenvalue weighted by atomic mass is 10.1. The van der Waals surface area contributed by atoms with Crippen LogP contribution in [0.2, 0.25) is 0 Å². The highest BCUT2D eigenvalue weighted by Crippen LogP contribution is 2.40. The molecule has 21 heavy (non-hydrogen) atoms. The van der Waals surface area contributed by atoms with Crippen LogP contribution in [0.25, 0.3) is 0 Å². The molecule has 0 spiro atoms. The predicted molar refractivity (Wildman–Crippen MR) is 70.9 cm³/mol. The molecule has 112 valence electrons. The first-order chi connectivity index (χ1) is 10.1. The number of ether oxygens (including phenoxy) is 1. The Morgan fingerprint density at radius 1 is 1.33 bits per heavy atom. The minimum Gasteiger partial charge on any atom is -0.481 e. The molecule has 3 rings (SSSR count). The number of rotatable bonds is 3. The van der Waals surface area contributed by atoms with E-state index in [0.29, 0.717) is 31.7 Å². The van der Waals surface area contributed by atoms with Crippen molar-refractivity contribution in [3.8, 4) is 0 Å². The van der Waals surface area contributed by atoms with E-state index in [1.807, 2.05) is 0 Å². The first kappa shape index (κ1) is 14.0. The fourth-order valence-corrected chi connectivity index (χ4v) is 2.73. The van der Waals surface area contributed by atoms with Crippen molar-refractivity contribution in [1.82, 2.24) is 4.90 Å². The Morgan fingerprint density at radius 2 is 2.14 bits per heavy atom. The van der Waals surface area contributed by atoms with Crippen molar-refractivity contribution in [3.63, 3.8) is 0 Å². The third-order valence-corrected chi connectivity index (χ3v) is 4.02. The van der Waals surface area contributed by atoms with Gasteiger partial charge in [0.25, 0.3) is 0 Å². The highest BCUT2D eigenvalue weighted by molar-refractivity contribution is 5.89. The molecule has 1 aliphatic heterocycles. The maximum atomic E-state index is 13.3. The predicted octanol–water partition coefficient (Wildman–Crippen LogP) is 1.45. The Balaban J connectivity index is 1.66. The molecule has 6 heteroatoms. The highest BCUT2D eigenvalue weighted by atomic mass is 19.1. The molecule has 1 heterocycles. The van der Waals surface area contributed by atoms with Crippen LogP contribution in [0, 0.1) is 17.7 Å². The maximum Gasteiger partial charge on any atom is 0.307 e. The van der Waals surface area contributed by atoms with Crippen LogP contribution >= 0.6 is 0 Å². The number of amides is 1. The number of carbonyl (C=O) groups is 2. The molecule has 2 aliphatic rings. The molecule has 1 aromatic carbocycles. The van der Waals surface area contributed by atoms with Crippen LogP contribution in [0.15, 0.2) is 24.3 Å². The number of benzene rings is 1. The summed E-state index contributed by atoms with van der Waals surface area (Å²) >= 11 is 0. The summed E-state index contributed by atoms with van der Waals surface area (Å²) in [6.07, 6.45) is 0.0521. The van der Waals surface area contributed by atoms with Crippen LogP contribution in [0.3, 0.4) is 0 Å². The number of nitrogens with zero attached hydrogens (tertiary/aromatic N) is 1. The van der Waals surface area contributed by atoms with Crippen LogP contribution in [-0.4, -0.2) is 41.6 Å². The van der Waals surface area contributed by atoms with E-state index < -0.39 is 17.8 Å². The minimum absolute atomic E-state index is 0.132. The third kappa shape index (κ3) is 2.90. The second-order valence-electron chi connectivity index (χ2n) is 5.49. The molecule has 3 unspecified atom stereocenters. The zero-order valence-corrected chi connectivity index (χ0v) is 11.4. The van der Waals surface area contributed by atoms with E-state index in [-0.39, 0.29) is 17.8 Å². The summed E-state index contributed by atoms with van der Waals surface area (Å²) < 4.78 is 18.9. The molecule has 2 fully saturated rings. The maximum absolute atomic E-state index is 13.3. The van der Waals surface area contributed by atoms with Crippen molar-refractivity contribution in [2.24, 2.45) is 11.8 Å². The summed E-state index contributed by atoms with van der Waals surface area (Å²) in [5.74, 6) is -2.34. The monoisotopic (exact) mass is 293 g/mol. The Morgan fingerprint density at radius 3 is 2.81 bits per heavy atom. The molecule has 0 aromatic heterocycles. The summed E-state index contributed by atoms with van der Waals surface area (Å²) in [5, 5.41) is 8.89. The first-order valence-electron chi connectivity index (χ1n) is 6.95. The largest absolute Gasteiger partial charge is 0.481 e. The molecule has 0 radical (unpaired) electrons. The molecule has 0 bridgehead atoms. The number of morpholine rings is 1. The Kier molecular flexibility index (Phi) is 3.63. The first-order valence-corrected chi connectivity index (χ1v) is 6.95. The molecule has 1 aromatic rings. The lowest BCUT2D eigenvalue weighted by molar-refractivity contribution is -0.145. The van der Waals surface area contributed by atoms with Gasteiger partial charge in [-0.2, -0.15) is 0 Å². The Hall–Kier alpha value is -1.95. The molecule has 3 atom stereocenters. The topological polar surface area (TPSA) is 66.8 Å². The van der Waals surface area contributed by atoms with Crippen molar-refractivity contribution in [1.29, 1.82) is 0 Å². The van der Waals surface area contributed by atoms with Gasteiger partial charge in [-0.25, -0.2) is 4.39 Å². The van der Waals surface area contributed by atoms with Crippen molar-refractivity contribution < 1.29 is 23.8 Å². The smallest absolute Gasteiger partial charge is 0.307 e. The number of hydrogen-bond donors (Lipinski definition) is 1. The van der Waals surface area contributed by atoms with Gasteiger partial charge in [-0.3, -0.25) is 9.59 Å². The number of hydrogen-bond acceptors (Lipinski definition) is 3. The van der Waals surface area contributed by atoms with E-state index in [2.05, 4.69) is 0 Å². The van der Waals surface area contributed by atoms with Crippen LogP contribution in [0.1, 0.15) is 18.1 Å². The van der Waals surface area contributed by atoms with Crippen LogP contribution in [-0.2, 0) is 14.3 Å². The quantitative estimate of drug-likeness (QED) is 0.916. The molecular formula is C15H16FNO4. The van der Waals surface area contributed by atoms with Gasteiger partial charge in [0.05, 0.1) is 25.0 Å². The second-order valence-corrected chi connectivity index (χ2v) is 5.49. The normalized spacial score (nSPS) is 28.2. The highest BCUT2D eigenvalue weighted by Gasteiger charge is 2.50. The van der Waals surface area contributed by atoms with E-state index in [0.717, 1.165) is 0 Å². The lowest BCUT2D eigenvalue weighted by Gasteiger charge is -2.33. The van der Waals surface area contributed by atoms with Gasteiger partial charge in [-0.15, -0.1) is 0 Å². The molecule has 1 saturated carbocycles. The summed E-state index contributed by atoms with van der Waals surface area (Å²) in [6.45, 7) is 1.16. The fourth-order valence-electron chi connectivity index (χ4n) is 2.73. The molecule has 1 aliphatic carbocycles. The van der Waals surface area contributed by atoms with Gasteiger partial charge in [0.15, 0.2) is 0 Å². The zero-order valence-electron chi connectivity index (χ0n) is 11.4. The van der Waals surface area contributed by atoms with Gasteiger partial charge in [0, 0.05) is 6.54 Å². The van der Waals surface area contributed by atoms with Crippen LogP contribution < -0.4 is 0 Å². The number of halogens is 1. The summed E-state index contributed by atoms with van der Waals surface area (Å²) in [5.41, 5.74) is 0.693. The molecule has 5 nitrogen and oxygen atoms in total. The third-order valence-electron chi connectivity index (χ3n) is 4.02. The molecular weight excluding hydrogens is 277 g/mol. The van der Waals surface area contributed by atoms with Crippen LogP contribution in [0.5, 0.6) is 0 Å². The van der Waals surface area contributed by atoms with Crippen molar-refractivity contribution in [2.45, 2.75) is 12.5 Å². The van der Waals surface area contributed by atoms with Gasteiger partial charge in [-0.05, 0) is 24.1 Å². The zero-order chi connectivity index (χ0) is 15.0. The van der Waals surface area contributed by atoms with Gasteiger partial charge in [-0.1, -0.05) is 12.1 Å². The Bertz CT molecular complexity index is 577. The van der Waals surface area contributed by atoms with Crippen molar-refractivity contribution in [3.05, 3.63) is 35.6 Å². The average Bonchev–Trinajstić information content (AvgIpc) is 3.27. The number of aliphatic carboxylic acids is 1. The minimum atomic E-state index is -0.914. The van der Waals surface area contributed by atoms with E-state index in [4.69, 9.17) is 9.84 Å². The van der Waals surface area contributed by atoms with E-state index in [1.165, 1.54) is 12.1 Å². The van der Waals surface area contributed by atoms with Crippen molar-refractivity contribution >= 4 is 11.9 Å². The van der Waals surface area contributed by atoms with Gasteiger partial charge in [0.1, 0.15) is 11.9 Å². The van der Waals surface area contributed by atoms with Gasteiger partial charge < -0.3 is 14.7 Å². The standard InChI is InChI=1S/C15H16FNO4/c16-10-3-1-2-9(6-10)13-8-17(4-5-21-13)14(18)11-7-12(11)15(19)20/h1-3,6,11-13H,4-5,7-8H2,(H,19,20). The number of carboxylic acid groups (broad SMARTS) is 1. The summed E-state index contributed by atoms with van der Waals surface area (Å²) in [7, 11) is 0. The van der Waals surface area contributed by atoms with E-state index in [1.54, 1.807) is 17.0 Å². The number of carbonyl (C=O) groups excluding carboxylic acids is 1. The Labute approximate surface area is 121 Å². The molecule has 1 amide bonds. The number of carboxylic acids is 1. The second kappa shape index (κ2) is 5.44. The summed E-state index contributed by atoms with van der Waals surface area (Å²) in [4.78, 5) is 24.7. The van der Waals surface area contributed by atoms with Gasteiger partial charge >= 0.3 is 5.97 Å². The van der Waals surface area contributed by atoms with Crippen LogP contribution in [0.4, 0.5) is 4.39 Å². The molecule has 1 saturated heterocycles. The van der Waals surface area contributed by atoms with E-state index >= 15 is 0 Å². The van der Waals surface area contributed by atoms with E-state index in [9.17, 15) is 14.0 Å². The average molecular weight is 293 g/mol. The fraction of sp³-hybridized carbons (Fsp3) is 0.467. The SMILES string of the molecule is O=C(O)C1CC1C(=O)N1CCOC(c2cccc(F)c2)C1. The molecule has 1 N–H and O–H groups in total. The van der Waals surface area contributed by atoms with Crippen molar-refractivity contribution in [2.75, 3.05) is 19.7 Å².